The third-order valence-electron chi connectivity index (χ3n) is 5.04. The van der Waals surface area contributed by atoms with Gasteiger partial charge in [0.1, 0.15) is 0 Å². The van der Waals surface area contributed by atoms with Crippen LogP contribution in [0.4, 0.5) is 0 Å². The van der Waals surface area contributed by atoms with Gasteiger partial charge in [-0.05, 0) is 50.6 Å². The third-order valence-corrected chi connectivity index (χ3v) is 5.04. The second-order valence-electron chi connectivity index (χ2n) is 6.55. The normalized spacial score (nSPS) is 22.1. The molecule has 0 aromatic carbocycles. The van der Waals surface area contributed by atoms with Crippen molar-refractivity contribution in [2.24, 2.45) is 11.8 Å². The van der Waals surface area contributed by atoms with Crippen molar-refractivity contribution in [2.45, 2.75) is 25.7 Å². The molecule has 1 aromatic heterocycles. The lowest BCUT2D eigenvalue weighted by molar-refractivity contribution is -0.138. The van der Waals surface area contributed by atoms with Crippen LogP contribution in [0.25, 0.3) is 0 Å². The molecule has 1 N–H and O–H groups in total. The Balaban J connectivity index is 1.40. The summed E-state index contributed by atoms with van der Waals surface area (Å²) >= 11 is 0. The van der Waals surface area contributed by atoms with Crippen molar-refractivity contribution >= 4 is 5.97 Å². The van der Waals surface area contributed by atoms with Crippen LogP contribution in [0.15, 0.2) is 24.5 Å². The maximum Gasteiger partial charge on any atom is 0.317 e. The van der Waals surface area contributed by atoms with Crippen molar-refractivity contribution in [3.8, 4) is 5.75 Å². The first-order chi connectivity index (χ1) is 11.2. The molecule has 2 aliphatic heterocycles. The fraction of sp³-hybridized carbons (Fsp3) is 0.647. The van der Waals surface area contributed by atoms with E-state index in [9.17, 15) is 4.79 Å². The molecule has 0 spiro atoms. The number of carboxylic acids is 1. The molecule has 3 rings (SSSR count). The zero-order valence-corrected chi connectivity index (χ0v) is 13.4. The molecular formula is C17H25N3O3. The van der Waals surface area contributed by atoms with E-state index < -0.39 is 5.97 Å². The molecular weight excluding hydrogens is 294 g/mol. The predicted octanol–water partition coefficient (Wildman–Crippen LogP) is 1.88. The largest absolute Gasteiger partial charge is 0.480 e. The van der Waals surface area contributed by atoms with Gasteiger partial charge >= 0.3 is 5.97 Å². The van der Waals surface area contributed by atoms with E-state index >= 15 is 0 Å². The molecule has 2 saturated heterocycles. The van der Waals surface area contributed by atoms with Crippen molar-refractivity contribution in [3.63, 3.8) is 0 Å². The highest BCUT2D eigenvalue weighted by atomic mass is 16.7. The monoisotopic (exact) mass is 319 g/mol. The SMILES string of the molecule is O=C(O)CN1CCC(C2CCN(Oc3ccncc3)CC2)CC1. The van der Waals surface area contributed by atoms with Crippen LogP contribution in [0.2, 0.25) is 0 Å². The number of pyridine rings is 1. The highest BCUT2D eigenvalue weighted by Crippen LogP contribution is 2.32. The first kappa shape index (κ1) is 16.2. The number of hydroxylamine groups is 2. The average molecular weight is 319 g/mol. The van der Waals surface area contributed by atoms with E-state index in [0.717, 1.165) is 69.4 Å². The van der Waals surface area contributed by atoms with Crippen LogP contribution in [-0.2, 0) is 4.79 Å². The van der Waals surface area contributed by atoms with E-state index in [-0.39, 0.29) is 6.54 Å². The zero-order chi connectivity index (χ0) is 16.1. The van der Waals surface area contributed by atoms with Gasteiger partial charge in [-0.2, -0.15) is 0 Å². The van der Waals surface area contributed by atoms with Crippen molar-refractivity contribution in [2.75, 3.05) is 32.7 Å². The number of piperidine rings is 2. The number of aromatic nitrogens is 1. The van der Waals surface area contributed by atoms with Crippen molar-refractivity contribution in [1.29, 1.82) is 0 Å². The van der Waals surface area contributed by atoms with Gasteiger partial charge in [0.2, 0.25) is 0 Å². The minimum absolute atomic E-state index is 0.185. The Morgan fingerprint density at radius 3 is 2.22 bits per heavy atom. The van der Waals surface area contributed by atoms with Crippen LogP contribution in [0.5, 0.6) is 5.75 Å². The Bertz CT molecular complexity index is 495. The lowest BCUT2D eigenvalue weighted by Crippen LogP contribution is -2.42. The maximum atomic E-state index is 10.8. The standard InChI is InChI=1S/C17H25N3O3/c21-17(22)13-19-9-3-14(4-10-19)15-5-11-20(12-6-15)23-16-1-7-18-8-2-16/h1-2,7-8,14-15H,3-6,9-13H2,(H,21,22). The van der Waals surface area contributed by atoms with Gasteiger partial charge in [0.25, 0.3) is 0 Å². The van der Waals surface area contributed by atoms with Crippen LogP contribution < -0.4 is 4.84 Å². The van der Waals surface area contributed by atoms with E-state index in [1.54, 1.807) is 12.4 Å². The molecule has 0 atom stereocenters. The van der Waals surface area contributed by atoms with Crippen molar-refractivity contribution in [3.05, 3.63) is 24.5 Å². The quantitative estimate of drug-likeness (QED) is 0.894. The molecule has 3 heterocycles. The third kappa shape index (κ3) is 4.65. The molecule has 0 aliphatic carbocycles. The van der Waals surface area contributed by atoms with Crippen molar-refractivity contribution in [1.82, 2.24) is 14.9 Å². The molecule has 0 unspecified atom stereocenters. The van der Waals surface area contributed by atoms with E-state index in [1.165, 1.54) is 0 Å². The van der Waals surface area contributed by atoms with E-state index in [4.69, 9.17) is 9.94 Å². The number of nitrogens with zero attached hydrogens (tertiary/aromatic N) is 3. The molecule has 6 nitrogen and oxygen atoms in total. The molecule has 2 fully saturated rings. The van der Waals surface area contributed by atoms with Crippen LogP contribution in [0.1, 0.15) is 25.7 Å². The van der Waals surface area contributed by atoms with Crippen molar-refractivity contribution < 1.29 is 14.7 Å². The molecule has 6 heteroatoms. The van der Waals surface area contributed by atoms with Crippen LogP contribution >= 0.6 is 0 Å². The smallest absolute Gasteiger partial charge is 0.317 e. The molecule has 126 valence electrons. The van der Waals surface area contributed by atoms with Crippen LogP contribution in [0, 0.1) is 11.8 Å². The number of carbonyl (C=O) groups is 1. The second kappa shape index (κ2) is 7.75. The summed E-state index contributed by atoms with van der Waals surface area (Å²) in [5.74, 6) is 1.62. The first-order valence-electron chi connectivity index (χ1n) is 8.48. The Hall–Kier alpha value is -1.66. The van der Waals surface area contributed by atoms with Gasteiger partial charge in [-0.15, -0.1) is 5.06 Å². The topological polar surface area (TPSA) is 65.9 Å². The highest BCUT2D eigenvalue weighted by Gasteiger charge is 2.30. The summed E-state index contributed by atoms with van der Waals surface area (Å²) in [6, 6.07) is 3.76. The number of carboxylic acid groups (broad SMARTS) is 1. The van der Waals surface area contributed by atoms with E-state index in [1.807, 2.05) is 17.2 Å². The Morgan fingerprint density at radius 2 is 1.65 bits per heavy atom. The summed E-state index contributed by atoms with van der Waals surface area (Å²) in [5.41, 5.74) is 0. The number of aliphatic carboxylic acids is 1. The fourth-order valence-electron chi connectivity index (χ4n) is 3.76. The minimum atomic E-state index is -0.718. The van der Waals surface area contributed by atoms with Gasteiger partial charge in [-0.3, -0.25) is 14.7 Å². The summed E-state index contributed by atoms with van der Waals surface area (Å²) in [6.07, 6.45) is 8.07. The fourth-order valence-corrected chi connectivity index (χ4v) is 3.76. The minimum Gasteiger partial charge on any atom is -0.480 e. The van der Waals surface area contributed by atoms with Gasteiger partial charge in [-0.1, -0.05) is 0 Å². The molecule has 2 aliphatic rings. The Labute approximate surface area is 137 Å². The molecule has 23 heavy (non-hydrogen) atoms. The predicted molar refractivity (Wildman–Crippen MR) is 86.0 cm³/mol. The van der Waals surface area contributed by atoms with E-state index in [2.05, 4.69) is 9.88 Å². The summed E-state index contributed by atoms with van der Waals surface area (Å²) < 4.78 is 0. The average Bonchev–Trinajstić information content (AvgIpc) is 2.57. The van der Waals surface area contributed by atoms with E-state index in [0.29, 0.717) is 0 Å². The highest BCUT2D eigenvalue weighted by molar-refractivity contribution is 5.69. The molecule has 0 bridgehead atoms. The number of hydrogen-bond acceptors (Lipinski definition) is 5. The lowest BCUT2D eigenvalue weighted by Gasteiger charge is -2.39. The second-order valence-corrected chi connectivity index (χ2v) is 6.55. The number of hydrogen-bond donors (Lipinski definition) is 1. The summed E-state index contributed by atoms with van der Waals surface area (Å²) in [4.78, 5) is 22.7. The number of rotatable bonds is 5. The van der Waals surface area contributed by atoms with Gasteiger partial charge in [0.05, 0.1) is 6.54 Å². The summed E-state index contributed by atoms with van der Waals surface area (Å²) in [5, 5.41) is 10.9. The Kier molecular flexibility index (Phi) is 5.46. The molecule has 0 radical (unpaired) electrons. The first-order valence-corrected chi connectivity index (χ1v) is 8.48. The summed E-state index contributed by atoms with van der Waals surface area (Å²) in [6.45, 7) is 3.95. The van der Waals surface area contributed by atoms with Gasteiger partial charge < -0.3 is 9.94 Å². The van der Waals surface area contributed by atoms with Gasteiger partial charge in [0, 0.05) is 37.6 Å². The number of likely N-dealkylation sites (tertiary alicyclic amines) is 1. The van der Waals surface area contributed by atoms with Gasteiger partial charge in [0.15, 0.2) is 5.75 Å². The maximum absolute atomic E-state index is 10.8. The van der Waals surface area contributed by atoms with Gasteiger partial charge in [-0.25, -0.2) is 0 Å². The zero-order valence-electron chi connectivity index (χ0n) is 13.4. The lowest BCUT2D eigenvalue weighted by atomic mass is 9.79. The Morgan fingerprint density at radius 1 is 1.09 bits per heavy atom. The van der Waals surface area contributed by atoms with Crippen LogP contribution in [0.3, 0.4) is 0 Å². The molecule has 1 aromatic rings. The van der Waals surface area contributed by atoms with Crippen LogP contribution in [-0.4, -0.2) is 58.7 Å². The molecule has 0 amide bonds. The molecule has 0 saturated carbocycles. The summed E-state index contributed by atoms with van der Waals surface area (Å²) in [7, 11) is 0.